The fourth-order valence-corrected chi connectivity index (χ4v) is 2.18. The molecule has 1 aliphatic rings. The predicted molar refractivity (Wildman–Crippen MR) is 72.3 cm³/mol. The van der Waals surface area contributed by atoms with Gasteiger partial charge in [-0.25, -0.2) is 4.99 Å². The van der Waals surface area contributed by atoms with E-state index in [-0.39, 0.29) is 6.10 Å². The van der Waals surface area contributed by atoms with Gasteiger partial charge in [-0.1, -0.05) is 29.3 Å². The lowest BCUT2D eigenvalue weighted by molar-refractivity contribution is 0.0571. The van der Waals surface area contributed by atoms with Crippen molar-refractivity contribution in [1.29, 1.82) is 0 Å². The number of nitrogens with zero attached hydrogens (tertiary/aromatic N) is 1. The van der Waals surface area contributed by atoms with Gasteiger partial charge in [-0.15, -0.1) is 0 Å². The molecule has 17 heavy (non-hydrogen) atoms. The van der Waals surface area contributed by atoms with Crippen LogP contribution in [-0.2, 0) is 4.84 Å². The first-order valence-electron chi connectivity index (χ1n) is 4.84. The Morgan fingerprint density at radius 1 is 1.41 bits per heavy atom. The summed E-state index contributed by atoms with van der Waals surface area (Å²) in [4.78, 5) is 9.11. The Hall–Kier alpha value is -0.900. The number of hydrogen-bond donors (Lipinski definition) is 1. The topological polar surface area (TPSA) is 33.6 Å². The van der Waals surface area contributed by atoms with E-state index in [4.69, 9.17) is 28.0 Å². The molecule has 3 nitrogen and oxygen atoms in total. The zero-order chi connectivity index (χ0) is 12.3. The molecule has 0 bridgehead atoms. The Labute approximate surface area is 114 Å². The molecular formula is C11H8Cl2N2OS. The molecule has 1 atom stereocenters. The fraction of sp³-hybridized carbons (Fsp3) is 0.182. The van der Waals surface area contributed by atoms with Crippen LogP contribution in [0.1, 0.15) is 5.56 Å². The van der Waals surface area contributed by atoms with Crippen LogP contribution in [0.2, 0.25) is 10.0 Å². The van der Waals surface area contributed by atoms with Crippen molar-refractivity contribution in [2.75, 3.05) is 6.54 Å². The predicted octanol–water partition coefficient (Wildman–Crippen LogP) is 3.34. The van der Waals surface area contributed by atoms with Crippen LogP contribution in [0.3, 0.4) is 0 Å². The van der Waals surface area contributed by atoms with Gasteiger partial charge in [-0.05, 0) is 30.4 Å². The van der Waals surface area contributed by atoms with Crippen LogP contribution in [-0.4, -0.2) is 17.8 Å². The van der Waals surface area contributed by atoms with Crippen LogP contribution in [0.15, 0.2) is 29.3 Å². The average molecular weight is 287 g/mol. The summed E-state index contributed by atoms with van der Waals surface area (Å²) >= 11 is 16.7. The third-order valence-corrected chi connectivity index (χ3v) is 3.00. The number of rotatable bonds is 3. The van der Waals surface area contributed by atoms with Crippen molar-refractivity contribution in [2.45, 2.75) is 6.10 Å². The van der Waals surface area contributed by atoms with Crippen molar-refractivity contribution >= 4 is 46.3 Å². The van der Waals surface area contributed by atoms with Crippen molar-refractivity contribution in [2.24, 2.45) is 4.99 Å². The van der Waals surface area contributed by atoms with E-state index in [1.807, 2.05) is 6.08 Å². The molecule has 88 valence electrons. The largest absolute Gasteiger partial charge is 0.267 e. The fourth-order valence-electron chi connectivity index (χ4n) is 1.50. The third kappa shape index (κ3) is 2.86. The molecule has 1 aromatic carbocycles. The molecule has 0 aliphatic carbocycles. The summed E-state index contributed by atoms with van der Waals surface area (Å²) in [7, 11) is 0. The smallest absolute Gasteiger partial charge is 0.126 e. The highest BCUT2D eigenvalue weighted by Gasteiger charge is 2.20. The molecule has 1 aromatic rings. The van der Waals surface area contributed by atoms with Gasteiger partial charge in [0, 0.05) is 5.56 Å². The van der Waals surface area contributed by atoms with Gasteiger partial charge in [0.1, 0.15) is 6.10 Å². The normalized spacial score (nSPS) is 18.2. The van der Waals surface area contributed by atoms with E-state index >= 15 is 0 Å². The number of halogens is 2. The van der Waals surface area contributed by atoms with Crippen molar-refractivity contribution in [1.82, 2.24) is 5.48 Å². The summed E-state index contributed by atoms with van der Waals surface area (Å²) in [6, 6.07) is 5.33. The highest BCUT2D eigenvalue weighted by molar-refractivity contribution is 7.78. The molecule has 0 amide bonds. The van der Waals surface area contributed by atoms with E-state index in [0.29, 0.717) is 16.6 Å². The van der Waals surface area contributed by atoms with Crippen molar-refractivity contribution in [3.8, 4) is 0 Å². The maximum absolute atomic E-state index is 6.09. The molecule has 1 aliphatic heterocycles. The Balaban J connectivity index is 2.27. The number of thiocarbonyl (C=S) groups is 1. The molecule has 0 saturated heterocycles. The van der Waals surface area contributed by atoms with Crippen LogP contribution < -0.4 is 5.48 Å². The third-order valence-electron chi connectivity index (χ3n) is 2.24. The van der Waals surface area contributed by atoms with Gasteiger partial charge in [0.25, 0.3) is 0 Å². The van der Waals surface area contributed by atoms with Gasteiger partial charge < -0.3 is 0 Å². The van der Waals surface area contributed by atoms with Crippen molar-refractivity contribution in [3.63, 3.8) is 0 Å². The van der Waals surface area contributed by atoms with E-state index in [1.165, 1.54) is 0 Å². The zero-order valence-corrected chi connectivity index (χ0v) is 10.9. The van der Waals surface area contributed by atoms with Crippen LogP contribution in [0.5, 0.6) is 0 Å². The highest BCUT2D eigenvalue weighted by atomic mass is 35.5. The number of nitrogens with one attached hydrogen (secondary N) is 1. The molecule has 2 rings (SSSR count). The van der Waals surface area contributed by atoms with Gasteiger partial charge in [-0.3, -0.25) is 10.3 Å². The second-order valence-corrected chi connectivity index (χ2v) is 4.36. The lowest BCUT2D eigenvalue weighted by Gasteiger charge is -2.07. The standard InChI is InChI=1S/C11H8Cl2N2OS/c12-8-2-1-3-9(13)11(8)10-4-7(16-15-10)5-14-6-17/h1-4,7,15H,5H2. The van der Waals surface area contributed by atoms with Crippen LogP contribution in [0.4, 0.5) is 0 Å². The summed E-state index contributed by atoms with van der Waals surface area (Å²) in [5.74, 6) is 0. The first kappa shape index (κ1) is 12.6. The molecule has 1 unspecified atom stereocenters. The molecule has 1 heterocycles. The number of hydrogen-bond acceptors (Lipinski definition) is 4. The van der Waals surface area contributed by atoms with Crippen molar-refractivity contribution < 1.29 is 4.84 Å². The van der Waals surface area contributed by atoms with Gasteiger partial charge in [0.05, 0.1) is 27.4 Å². The summed E-state index contributed by atoms with van der Waals surface area (Å²) in [6.45, 7) is 0.419. The zero-order valence-electron chi connectivity index (χ0n) is 8.61. The summed E-state index contributed by atoms with van der Waals surface area (Å²) in [5.41, 5.74) is 4.25. The minimum atomic E-state index is -0.187. The maximum Gasteiger partial charge on any atom is 0.126 e. The van der Waals surface area contributed by atoms with Gasteiger partial charge in [0.15, 0.2) is 0 Å². The second kappa shape index (κ2) is 5.63. The van der Waals surface area contributed by atoms with Crippen LogP contribution >= 0.6 is 35.4 Å². The Kier molecular flexibility index (Phi) is 4.15. The van der Waals surface area contributed by atoms with Crippen LogP contribution in [0, 0.1) is 0 Å². The molecule has 0 spiro atoms. The summed E-state index contributed by atoms with van der Waals surface area (Å²) in [6.07, 6.45) is 1.68. The summed E-state index contributed by atoms with van der Waals surface area (Å²) < 4.78 is 0. The Bertz CT molecular complexity index is 492. The Morgan fingerprint density at radius 3 is 2.76 bits per heavy atom. The molecular weight excluding hydrogens is 279 g/mol. The Morgan fingerprint density at radius 2 is 2.12 bits per heavy atom. The number of hydroxylamine groups is 1. The van der Waals surface area contributed by atoms with E-state index in [2.05, 4.69) is 27.9 Å². The minimum Gasteiger partial charge on any atom is -0.267 e. The van der Waals surface area contributed by atoms with Crippen LogP contribution in [0.25, 0.3) is 5.70 Å². The van der Waals surface area contributed by atoms with Gasteiger partial charge in [-0.2, -0.15) is 0 Å². The maximum atomic E-state index is 6.09. The van der Waals surface area contributed by atoms with E-state index in [0.717, 1.165) is 11.3 Å². The first-order chi connectivity index (χ1) is 8.22. The number of aliphatic imine (C=N–C) groups is 1. The van der Waals surface area contributed by atoms with Gasteiger partial charge >= 0.3 is 0 Å². The number of isothiocyanates is 1. The van der Waals surface area contributed by atoms with E-state index in [9.17, 15) is 0 Å². The van der Waals surface area contributed by atoms with E-state index < -0.39 is 0 Å². The number of benzene rings is 1. The molecule has 0 aromatic heterocycles. The molecule has 0 fully saturated rings. The highest BCUT2D eigenvalue weighted by Crippen LogP contribution is 2.31. The monoisotopic (exact) mass is 286 g/mol. The van der Waals surface area contributed by atoms with E-state index in [1.54, 1.807) is 18.2 Å². The SMILES string of the molecule is S=C=NCC1C=C(c2c(Cl)cccc2Cl)NO1. The lowest BCUT2D eigenvalue weighted by Crippen LogP contribution is -2.14. The quantitative estimate of drug-likeness (QED) is 0.684. The second-order valence-electron chi connectivity index (χ2n) is 3.37. The summed E-state index contributed by atoms with van der Waals surface area (Å²) in [5, 5.41) is 3.43. The van der Waals surface area contributed by atoms with Gasteiger partial charge in [0.2, 0.25) is 0 Å². The molecule has 0 saturated carbocycles. The average Bonchev–Trinajstić information content (AvgIpc) is 2.75. The molecule has 6 heteroatoms. The lowest BCUT2D eigenvalue weighted by atomic mass is 10.1. The molecule has 1 N–H and O–H groups in total. The van der Waals surface area contributed by atoms with Crippen molar-refractivity contribution in [3.05, 3.63) is 39.9 Å². The first-order valence-corrected chi connectivity index (χ1v) is 6.00. The molecule has 0 radical (unpaired) electrons. The minimum absolute atomic E-state index is 0.187.